The van der Waals surface area contributed by atoms with E-state index in [1.807, 2.05) is 29.6 Å². The van der Waals surface area contributed by atoms with E-state index in [-0.39, 0.29) is 11.8 Å². The predicted molar refractivity (Wildman–Crippen MR) is 180 cm³/mol. The van der Waals surface area contributed by atoms with Crippen molar-refractivity contribution in [3.05, 3.63) is 44.1 Å². The average Bonchev–Trinajstić information content (AvgIpc) is 3.69. The first kappa shape index (κ1) is 30.4. The van der Waals surface area contributed by atoms with Gasteiger partial charge < -0.3 is 0 Å². The Hall–Kier alpha value is -2.02. The normalized spacial score (nSPS) is 15.0. The van der Waals surface area contributed by atoms with Gasteiger partial charge in [-0.15, -0.1) is 34.0 Å². The molecule has 41 heavy (non-hydrogen) atoms. The number of hydrogen-bond donors (Lipinski definition) is 0. The lowest BCUT2D eigenvalue weighted by atomic mass is 9.90. The van der Waals surface area contributed by atoms with Crippen LogP contribution in [0.1, 0.15) is 121 Å². The molecule has 0 saturated heterocycles. The number of fused-ring (bicyclic) bond motifs is 3. The van der Waals surface area contributed by atoms with E-state index in [9.17, 15) is 9.59 Å². The fourth-order valence-corrected chi connectivity index (χ4v) is 10.1. The van der Waals surface area contributed by atoms with E-state index in [1.165, 1.54) is 92.4 Å². The number of benzene rings is 1. The van der Waals surface area contributed by atoms with Crippen LogP contribution in [0.3, 0.4) is 0 Å². The molecule has 0 saturated carbocycles. The Kier molecular flexibility index (Phi) is 9.42. The van der Waals surface area contributed by atoms with Gasteiger partial charge in [0.1, 0.15) is 0 Å². The highest BCUT2D eigenvalue weighted by Crippen LogP contribution is 2.49. The van der Waals surface area contributed by atoms with Crippen LogP contribution in [-0.2, 0) is 12.8 Å². The zero-order chi connectivity index (χ0) is 29.4. The summed E-state index contributed by atoms with van der Waals surface area (Å²) in [6.07, 6.45) is 12.3. The second-order valence-corrected chi connectivity index (χ2v) is 15.9. The molecule has 5 rings (SSSR count). The fraction of sp³-hybridized carbons (Fsp3) is 0.543. The van der Waals surface area contributed by atoms with Crippen molar-refractivity contribution >= 4 is 66.0 Å². The van der Waals surface area contributed by atoms with Gasteiger partial charge in [0.05, 0.1) is 16.0 Å². The van der Waals surface area contributed by atoms with Crippen LogP contribution in [-0.4, -0.2) is 23.8 Å². The van der Waals surface area contributed by atoms with Gasteiger partial charge in [0.25, 0.3) is 11.8 Å². The van der Waals surface area contributed by atoms with Crippen LogP contribution in [0.5, 0.6) is 0 Å². The van der Waals surface area contributed by atoms with Gasteiger partial charge in [-0.05, 0) is 85.4 Å². The summed E-state index contributed by atoms with van der Waals surface area (Å²) in [5.74, 6) is 1.10. The summed E-state index contributed by atoms with van der Waals surface area (Å²) < 4.78 is 2.87. The number of thiophene rings is 3. The van der Waals surface area contributed by atoms with E-state index in [4.69, 9.17) is 0 Å². The number of hydrogen-bond acceptors (Lipinski definition) is 5. The standard InChI is InChI=1S/C35H45NO2S3/c1-8-10-12-20(3)14-16-24-26-18-22(5)39-31(26)25(17-15-21(4)13-11-9-2)27-19-28(41-32(24)27)33-30-29(23(6)40-33)34(37)36(7)35(30)38/h18-21H,8-17H2,1-7H3. The number of aryl methyl sites for hydroxylation is 4. The molecule has 0 spiro atoms. The third-order valence-electron chi connectivity index (χ3n) is 9.01. The third-order valence-corrected chi connectivity index (χ3v) is 12.6. The smallest absolute Gasteiger partial charge is 0.262 e. The van der Waals surface area contributed by atoms with Gasteiger partial charge >= 0.3 is 0 Å². The molecule has 3 aromatic heterocycles. The quantitative estimate of drug-likeness (QED) is 0.142. The molecule has 1 aromatic carbocycles. The topological polar surface area (TPSA) is 37.4 Å². The number of rotatable bonds is 13. The maximum atomic E-state index is 13.2. The lowest BCUT2D eigenvalue weighted by molar-refractivity contribution is 0.0693. The molecule has 4 heterocycles. The van der Waals surface area contributed by atoms with Crippen LogP contribution in [0.2, 0.25) is 0 Å². The van der Waals surface area contributed by atoms with Gasteiger partial charge in [-0.2, -0.15) is 0 Å². The first-order chi connectivity index (χ1) is 19.7. The first-order valence-corrected chi connectivity index (χ1v) is 18.0. The van der Waals surface area contributed by atoms with Crippen molar-refractivity contribution in [1.29, 1.82) is 0 Å². The van der Waals surface area contributed by atoms with E-state index in [2.05, 4.69) is 46.8 Å². The van der Waals surface area contributed by atoms with Crippen molar-refractivity contribution < 1.29 is 9.59 Å². The molecule has 1 aliphatic rings. The Morgan fingerprint density at radius 1 is 0.732 bits per heavy atom. The molecule has 3 nitrogen and oxygen atoms in total. The molecule has 0 bridgehead atoms. The SMILES string of the molecule is CCCCC(C)CCc1c2cc(-c3sc(C)c4c3C(=O)N(C)C4=O)sc2c(CCC(C)CCCC)c2cc(C)sc12. The van der Waals surface area contributed by atoms with Crippen molar-refractivity contribution in [2.45, 2.75) is 106 Å². The summed E-state index contributed by atoms with van der Waals surface area (Å²) in [5.41, 5.74) is 4.22. The summed E-state index contributed by atoms with van der Waals surface area (Å²) >= 11 is 5.42. The Labute approximate surface area is 258 Å². The Balaban J connectivity index is 1.65. The van der Waals surface area contributed by atoms with Crippen LogP contribution in [0.25, 0.3) is 29.9 Å². The zero-order valence-electron chi connectivity index (χ0n) is 25.9. The minimum absolute atomic E-state index is 0.159. The van der Waals surface area contributed by atoms with Gasteiger partial charge in [0.15, 0.2) is 0 Å². The van der Waals surface area contributed by atoms with Crippen LogP contribution in [0, 0.1) is 25.7 Å². The number of nitrogens with zero attached hydrogens (tertiary/aromatic N) is 1. The molecular weight excluding hydrogens is 563 g/mol. The molecule has 4 aromatic rings. The second-order valence-electron chi connectivity index (χ2n) is 12.4. The van der Waals surface area contributed by atoms with Gasteiger partial charge in [-0.3, -0.25) is 14.5 Å². The van der Waals surface area contributed by atoms with Crippen molar-refractivity contribution in [2.24, 2.45) is 11.8 Å². The summed E-state index contributed by atoms with van der Waals surface area (Å²) in [7, 11) is 1.61. The van der Waals surface area contributed by atoms with Gasteiger partial charge in [0.2, 0.25) is 0 Å². The van der Waals surface area contributed by atoms with E-state index >= 15 is 0 Å². The largest absolute Gasteiger partial charge is 0.277 e. The summed E-state index contributed by atoms with van der Waals surface area (Å²) in [4.78, 5) is 31.8. The van der Waals surface area contributed by atoms with Crippen molar-refractivity contribution in [3.8, 4) is 9.75 Å². The molecule has 220 valence electrons. The van der Waals surface area contributed by atoms with E-state index in [1.54, 1.807) is 18.4 Å². The van der Waals surface area contributed by atoms with Gasteiger partial charge in [0, 0.05) is 31.1 Å². The second kappa shape index (κ2) is 12.7. The molecule has 6 heteroatoms. The molecule has 2 amide bonds. The van der Waals surface area contributed by atoms with E-state index < -0.39 is 0 Å². The molecule has 2 unspecified atom stereocenters. The molecule has 0 fully saturated rings. The van der Waals surface area contributed by atoms with Crippen LogP contribution in [0.4, 0.5) is 0 Å². The van der Waals surface area contributed by atoms with E-state index in [0.29, 0.717) is 23.0 Å². The summed E-state index contributed by atoms with van der Waals surface area (Å²) in [6.45, 7) is 13.6. The molecular formula is C35H45NO2S3. The molecule has 2 atom stereocenters. The summed E-state index contributed by atoms with van der Waals surface area (Å²) in [5, 5.41) is 2.83. The van der Waals surface area contributed by atoms with Crippen molar-refractivity contribution in [2.75, 3.05) is 7.05 Å². The van der Waals surface area contributed by atoms with Crippen molar-refractivity contribution in [1.82, 2.24) is 4.90 Å². The Bertz CT molecular complexity index is 1510. The third kappa shape index (κ3) is 5.81. The van der Waals surface area contributed by atoms with Crippen LogP contribution in [0.15, 0.2) is 12.1 Å². The lowest BCUT2D eigenvalue weighted by Gasteiger charge is -2.16. The first-order valence-electron chi connectivity index (χ1n) is 15.6. The molecule has 0 N–H and O–H groups in total. The predicted octanol–water partition coefficient (Wildman–Crippen LogP) is 11.2. The number of imide groups is 1. The van der Waals surface area contributed by atoms with Crippen LogP contribution < -0.4 is 0 Å². The van der Waals surface area contributed by atoms with Crippen molar-refractivity contribution in [3.63, 3.8) is 0 Å². The highest BCUT2D eigenvalue weighted by atomic mass is 32.1. The monoisotopic (exact) mass is 607 g/mol. The number of carbonyl (C=O) groups is 2. The summed E-state index contributed by atoms with van der Waals surface area (Å²) in [6, 6.07) is 4.80. The number of carbonyl (C=O) groups excluding carboxylic acids is 2. The average molecular weight is 608 g/mol. The lowest BCUT2D eigenvalue weighted by Crippen LogP contribution is -2.24. The molecule has 0 aliphatic carbocycles. The fourth-order valence-electron chi connectivity index (χ4n) is 6.44. The minimum atomic E-state index is -0.161. The molecule has 0 radical (unpaired) electrons. The number of amides is 2. The van der Waals surface area contributed by atoms with Gasteiger partial charge in [-0.1, -0.05) is 66.2 Å². The zero-order valence-corrected chi connectivity index (χ0v) is 28.3. The highest BCUT2D eigenvalue weighted by Gasteiger charge is 2.39. The molecule has 1 aliphatic heterocycles. The highest BCUT2D eigenvalue weighted by molar-refractivity contribution is 7.27. The maximum Gasteiger partial charge on any atom is 0.262 e. The minimum Gasteiger partial charge on any atom is -0.277 e. The maximum absolute atomic E-state index is 13.2. The Morgan fingerprint density at radius 2 is 1.27 bits per heavy atom. The van der Waals surface area contributed by atoms with E-state index in [0.717, 1.165) is 27.5 Å². The Morgan fingerprint density at radius 3 is 1.85 bits per heavy atom. The van der Waals surface area contributed by atoms with Crippen LogP contribution >= 0.6 is 34.0 Å². The number of unbranched alkanes of at least 4 members (excludes halogenated alkanes) is 2. The van der Waals surface area contributed by atoms with Gasteiger partial charge in [-0.25, -0.2) is 0 Å².